The van der Waals surface area contributed by atoms with E-state index in [1.165, 1.54) is 6.07 Å². The van der Waals surface area contributed by atoms with Crippen LogP contribution in [0.3, 0.4) is 0 Å². The Balaban J connectivity index is 1.62. The third-order valence-electron chi connectivity index (χ3n) is 4.43. The summed E-state index contributed by atoms with van der Waals surface area (Å²) >= 11 is 1.61. The number of guanidine groups is 1. The summed E-state index contributed by atoms with van der Waals surface area (Å²) in [5.74, 6) is 0.929. The number of nitrogens with zero attached hydrogens (tertiary/aromatic N) is 4. The topological polar surface area (TPSA) is 76.2 Å². The third-order valence-corrected chi connectivity index (χ3v) is 5.26. The lowest BCUT2D eigenvalue weighted by Gasteiger charge is -2.35. The van der Waals surface area contributed by atoms with Crippen molar-refractivity contribution in [1.29, 1.82) is 0 Å². The lowest BCUT2D eigenvalue weighted by Crippen LogP contribution is -2.51. The number of alkyl halides is 2. The van der Waals surface area contributed by atoms with E-state index >= 15 is 0 Å². The van der Waals surface area contributed by atoms with Crippen LogP contribution in [0.15, 0.2) is 34.8 Å². The lowest BCUT2D eigenvalue weighted by atomic mass is 10.2. The van der Waals surface area contributed by atoms with Gasteiger partial charge in [0.05, 0.1) is 13.2 Å². The molecule has 1 saturated heterocycles. The molecule has 0 amide bonds. The highest BCUT2D eigenvalue weighted by atomic mass is 32.1. The van der Waals surface area contributed by atoms with Crippen molar-refractivity contribution in [3.05, 3.63) is 35.3 Å². The molecule has 0 unspecified atom stereocenters. The minimum atomic E-state index is -2.92. The monoisotopic (exact) mass is 425 g/mol. The zero-order valence-electron chi connectivity index (χ0n) is 16.3. The van der Waals surface area contributed by atoms with E-state index in [-0.39, 0.29) is 12.3 Å². The van der Waals surface area contributed by atoms with Crippen LogP contribution in [0.2, 0.25) is 0 Å². The highest BCUT2D eigenvalue weighted by Crippen LogP contribution is 2.27. The molecule has 1 aromatic carbocycles. The smallest absolute Gasteiger partial charge is 0.387 e. The summed E-state index contributed by atoms with van der Waals surface area (Å²) in [7, 11) is 0. The van der Waals surface area contributed by atoms with Gasteiger partial charge < -0.3 is 25.0 Å². The minimum Gasteiger partial charge on any atom is -0.493 e. The Morgan fingerprint density at radius 2 is 2.10 bits per heavy atom. The zero-order chi connectivity index (χ0) is 20.6. The Morgan fingerprint density at radius 1 is 1.31 bits per heavy atom. The molecule has 1 aromatic heterocycles. The predicted octanol–water partition coefficient (Wildman–Crippen LogP) is 3.17. The third kappa shape index (κ3) is 5.93. The summed E-state index contributed by atoms with van der Waals surface area (Å²) in [5.41, 5.74) is 6.66. The summed E-state index contributed by atoms with van der Waals surface area (Å²) in [6.45, 7) is 2.74. The highest BCUT2D eigenvalue weighted by Gasteiger charge is 2.20. The van der Waals surface area contributed by atoms with E-state index in [0.29, 0.717) is 23.9 Å². The number of thiazole rings is 1. The summed E-state index contributed by atoms with van der Waals surface area (Å²) in [6, 6.07) is 4.87. The van der Waals surface area contributed by atoms with Crippen LogP contribution in [0.25, 0.3) is 0 Å². The number of hydrogen-bond donors (Lipinski definition) is 1. The number of anilines is 1. The molecule has 1 fully saturated rings. The molecule has 2 N–H and O–H groups in total. The fourth-order valence-electron chi connectivity index (χ4n) is 2.95. The molecule has 10 heteroatoms. The Kier molecular flexibility index (Phi) is 7.45. The van der Waals surface area contributed by atoms with Crippen molar-refractivity contribution in [3.63, 3.8) is 0 Å². The van der Waals surface area contributed by atoms with Crippen LogP contribution in [0.1, 0.15) is 18.9 Å². The van der Waals surface area contributed by atoms with Crippen molar-refractivity contribution in [2.45, 2.75) is 26.5 Å². The first-order valence-corrected chi connectivity index (χ1v) is 10.3. The summed E-state index contributed by atoms with van der Waals surface area (Å²) in [5, 5.41) is 2.95. The Labute approximate surface area is 172 Å². The molecule has 0 bridgehead atoms. The van der Waals surface area contributed by atoms with Crippen LogP contribution < -0.4 is 20.1 Å². The molecule has 3 rings (SSSR count). The number of ether oxygens (including phenoxy) is 2. The van der Waals surface area contributed by atoms with Gasteiger partial charge in [-0.1, -0.05) is 6.92 Å². The van der Waals surface area contributed by atoms with Gasteiger partial charge in [-0.3, -0.25) is 0 Å². The van der Waals surface area contributed by atoms with E-state index < -0.39 is 6.61 Å². The number of aromatic nitrogens is 1. The predicted molar refractivity (Wildman–Crippen MR) is 110 cm³/mol. The Hall–Kier alpha value is -2.62. The SMILES string of the molecule is CCCOc1ccc(CN=C(N)N2CCN(c3nccs3)CC2)c(OC(F)F)c1. The molecular weight excluding hydrogens is 400 g/mol. The fourth-order valence-corrected chi connectivity index (χ4v) is 3.64. The standard InChI is InChI=1S/C19H25F2N5O2S/c1-2-10-27-15-4-3-14(16(12-15)28-17(20)21)13-24-18(22)25-6-8-26(9-7-25)19-23-5-11-29-19/h3-5,11-12,17H,2,6-10,13H2,1H3,(H2,22,24). The molecule has 0 saturated carbocycles. The number of benzene rings is 1. The van der Waals surface area contributed by atoms with E-state index in [0.717, 1.165) is 37.7 Å². The van der Waals surface area contributed by atoms with Gasteiger partial charge in [0.2, 0.25) is 0 Å². The summed E-state index contributed by atoms with van der Waals surface area (Å²) in [6.07, 6.45) is 2.61. The molecule has 0 aliphatic carbocycles. The maximum Gasteiger partial charge on any atom is 0.387 e. The van der Waals surface area contributed by atoms with E-state index in [1.807, 2.05) is 17.2 Å². The lowest BCUT2D eigenvalue weighted by molar-refractivity contribution is -0.0505. The average molecular weight is 426 g/mol. The molecule has 2 heterocycles. The van der Waals surface area contributed by atoms with Gasteiger partial charge in [0.1, 0.15) is 11.5 Å². The maximum absolute atomic E-state index is 12.8. The van der Waals surface area contributed by atoms with Gasteiger partial charge in [-0.05, 0) is 18.6 Å². The van der Waals surface area contributed by atoms with Crippen LogP contribution in [0, 0.1) is 0 Å². The number of rotatable bonds is 8. The normalized spacial score (nSPS) is 15.1. The average Bonchev–Trinajstić information content (AvgIpc) is 3.26. The zero-order valence-corrected chi connectivity index (χ0v) is 17.1. The second kappa shape index (κ2) is 10.2. The van der Waals surface area contributed by atoms with Crippen molar-refractivity contribution in [2.75, 3.05) is 37.7 Å². The molecule has 2 aromatic rings. The number of halogens is 2. The van der Waals surface area contributed by atoms with Gasteiger partial charge in [-0.25, -0.2) is 9.98 Å². The van der Waals surface area contributed by atoms with Crippen LogP contribution >= 0.6 is 11.3 Å². The molecule has 0 atom stereocenters. The van der Waals surface area contributed by atoms with Gasteiger partial charge in [0.25, 0.3) is 0 Å². The molecule has 29 heavy (non-hydrogen) atoms. The van der Waals surface area contributed by atoms with Gasteiger partial charge in [-0.15, -0.1) is 11.3 Å². The highest BCUT2D eigenvalue weighted by molar-refractivity contribution is 7.13. The molecule has 7 nitrogen and oxygen atoms in total. The summed E-state index contributed by atoms with van der Waals surface area (Å²) in [4.78, 5) is 12.9. The van der Waals surface area contributed by atoms with E-state index in [2.05, 4.69) is 19.6 Å². The Bertz CT molecular complexity index is 796. The van der Waals surface area contributed by atoms with Gasteiger partial charge in [-0.2, -0.15) is 8.78 Å². The number of hydrogen-bond acceptors (Lipinski definition) is 6. The van der Waals surface area contributed by atoms with E-state index in [1.54, 1.807) is 29.7 Å². The number of aliphatic imine (C=N–C) groups is 1. The first kappa shape index (κ1) is 21.1. The van der Waals surface area contributed by atoms with E-state index in [4.69, 9.17) is 10.5 Å². The molecule has 0 spiro atoms. The second-order valence-electron chi connectivity index (χ2n) is 6.46. The van der Waals surface area contributed by atoms with Gasteiger partial charge in [0.15, 0.2) is 11.1 Å². The van der Waals surface area contributed by atoms with Crippen LogP contribution in [0.4, 0.5) is 13.9 Å². The largest absolute Gasteiger partial charge is 0.493 e. The van der Waals surface area contributed by atoms with Crippen LogP contribution in [0.5, 0.6) is 11.5 Å². The molecule has 1 aliphatic heterocycles. The molecule has 0 radical (unpaired) electrons. The maximum atomic E-state index is 12.8. The quantitative estimate of drug-likeness (QED) is 0.517. The Morgan fingerprint density at radius 3 is 2.76 bits per heavy atom. The molecule has 158 valence electrons. The second-order valence-corrected chi connectivity index (χ2v) is 7.33. The van der Waals surface area contributed by atoms with Gasteiger partial charge in [0, 0.05) is 49.4 Å². The first-order valence-electron chi connectivity index (χ1n) is 9.46. The first-order chi connectivity index (χ1) is 14.1. The minimum absolute atomic E-state index is 0.0544. The molecule has 1 aliphatic rings. The van der Waals surface area contributed by atoms with Gasteiger partial charge >= 0.3 is 6.61 Å². The van der Waals surface area contributed by atoms with Crippen LogP contribution in [-0.4, -0.2) is 55.2 Å². The van der Waals surface area contributed by atoms with Crippen molar-refractivity contribution in [2.24, 2.45) is 10.7 Å². The number of nitrogens with two attached hydrogens (primary N) is 1. The molecular formula is C19H25F2N5O2S. The van der Waals surface area contributed by atoms with Crippen LogP contribution in [-0.2, 0) is 6.54 Å². The summed E-state index contributed by atoms with van der Waals surface area (Å²) < 4.78 is 35.7. The van der Waals surface area contributed by atoms with Crippen molar-refractivity contribution in [1.82, 2.24) is 9.88 Å². The van der Waals surface area contributed by atoms with Crippen molar-refractivity contribution in [3.8, 4) is 11.5 Å². The number of piperazine rings is 1. The van der Waals surface area contributed by atoms with Crippen molar-refractivity contribution >= 4 is 22.4 Å². The van der Waals surface area contributed by atoms with E-state index in [9.17, 15) is 8.78 Å². The fraction of sp³-hybridized carbons (Fsp3) is 0.474. The van der Waals surface area contributed by atoms with Crippen molar-refractivity contribution < 1.29 is 18.3 Å².